The molecule has 0 atom stereocenters. The molecule has 4 heteroatoms. The lowest BCUT2D eigenvalue weighted by Crippen LogP contribution is -2.39. The van der Waals surface area contributed by atoms with Crippen LogP contribution < -0.4 is 10.6 Å². The van der Waals surface area contributed by atoms with E-state index in [4.69, 9.17) is 0 Å². The van der Waals surface area contributed by atoms with Crippen molar-refractivity contribution < 1.29 is 5.11 Å². The zero-order valence-corrected chi connectivity index (χ0v) is 9.66. The van der Waals surface area contributed by atoms with Crippen molar-refractivity contribution in [1.29, 1.82) is 0 Å². The van der Waals surface area contributed by atoms with E-state index in [1.54, 1.807) is 0 Å². The van der Waals surface area contributed by atoms with Crippen LogP contribution in [-0.4, -0.2) is 29.3 Å². The van der Waals surface area contributed by atoms with Gasteiger partial charge in [0, 0.05) is 7.05 Å². The second-order valence-corrected chi connectivity index (χ2v) is 4.43. The van der Waals surface area contributed by atoms with Gasteiger partial charge in [0.05, 0.1) is 12.1 Å². The Labute approximate surface area is 96.1 Å². The first kappa shape index (κ1) is 11.2. The summed E-state index contributed by atoms with van der Waals surface area (Å²) in [6, 6.07) is 5.82. The van der Waals surface area contributed by atoms with Gasteiger partial charge in [-0.3, -0.25) is 0 Å². The zero-order chi connectivity index (χ0) is 11.4. The third-order valence-corrected chi connectivity index (χ3v) is 3.26. The zero-order valence-electron chi connectivity index (χ0n) is 9.66. The molecule has 1 aliphatic carbocycles. The molecule has 3 N–H and O–H groups in total. The molecule has 0 amide bonds. The van der Waals surface area contributed by atoms with Gasteiger partial charge in [0.25, 0.3) is 0 Å². The summed E-state index contributed by atoms with van der Waals surface area (Å²) in [7, 11) is 1.85. The van der Waals surface area contributed by atoms with Crippen LogP contribution in [0.2, 0.25) is 0 Å². The molecule has 1 fully saturated rings. The fourth-order valence-electron chi connectivity index (χ4n) is 2.29. The lowest BCUT2D eigenvalue weighted by Gasteiger charge is -2.28. The van der Waals surface area contributed by atoms with Gasteiger partial charge in [-0.25, -0.2) is 4.98 Å². The molecule has 0 bridgehead atoms. The van der Waals surface area contributed by atoms with Crippen molar-refractivity contribution in [3.63, 3.8) is 0 Å². The Morgan fingerprint density at radius 2 is 2.00 bits per heavy atom. The average Bonchev–Trinajstić information content (AvgIpc) is 2.78. The Bertz CT molecular complexity index is 348. The summed E-state index contributed by atoms with van der Waals surface area (Å²) >= 11 is 0. The number of hydrogen-bond donors (Lipinski definition) is 3. The van der Waals surface area contributed by atoms with Crippen LogP contribution in [0.15, 0.2) is 18.2 Å². The molecular weight excluding hydrogens is 202 g/mol. The van der Waals surface area contributed by atoms with Gasteiger partial charge in [0.15, 0.2) is 0 Å². The van der Waals surface area contributed by atoms with E-state index in [0.29, 0.717) is 0 Å². The van der Waals surface area contributed by atoms with Crippen molar-refractivity contribution in [2.75, 3.05) is 24.3 Å². The molecule has 4 nitrogen and oxygen atoms in total. The minimum Gasteiger partial charge on any atom is -0.394 e. The van der Waals surface area contributed by atoms with Crippen LogP contribution in [0.3, 0.4) is 0 Å². The number of anilines is 2. The Kier molecular flexibility index (Phi) is 3.29. The van der Waals surface area contributed by atoms with Crippen LogP contribution in [0.1, 0.15) is 25.7 Å². The number of nitrogens with zero attached hydrogens (tertiary/aromatic N) is 1. The number of rotatable bonds is 4. The highest BCUT2D eigenvalue weighted by Crippen LogP contribution is 2.32. The van der Waals surface area contributed by atoms with Crippen LogP contribution in [0.5, 0.6) is 0 Å². The predicted molar refractivity (Wildman–Crippen MR) is 65.7 cm³/mol. The van der Waals surface area contributed by atoms with Gasteiger partial charge in [-0.05, 0) is 25.0 Å². The first-order valence-electron chi connectivity index (χ1n) is 5.82. The van der Waals surface area contributed by atoms with E-state index in [9.17, 15) is 5.11 Å². The fourth-order valence-corrected chi connectivity index (χ4v) is 2.29. The molecule has 88 valence electrons. The standard InChI is InChI=1S/C12H19N3O/c1-13-10-5-4-6-11(14-10)15-12(9-16)7-2-3-8-12/h4-6,16H,2-3,7-9H2,1H3,(H2,13,14,15). The first-order valence-corrected chi connectivity index (χ1v) is 5.82. The van der Waals surface area contributed by atoms with Crippen LogP contribution in [0.4, 0.5) is 11.6 Å². The van der Waals surface area contributed by atoms with Crippen molar-refractivity contribution in [3.8, 4) is 0 Å². The molecule has 0 aliphatic heterocycles. The van der Waals surface area contributed by atoms with Crippen molar-refractivity contribution >= 4 is 11.6 Å². The maximum absolute atomic E-state index is 9.50. The second kappa shape index (κ2) is 4.70. The quantitative estimate of drug-likeness (QED) is 0.726. The van der Waals surface area contributed by atoms with E-state index in [0.717, 1.165) is 24.5 Å². The van der Waals surface area contributed by atoms with Gasteiger partial charge in [0.1, 0.15) is 11.6 Å². The highest BCUT2D eigenvalue weighted by molar-refractivity contribution is 5.46. The van der Waals surface area contributed by atoms with Gasteiger partial charge in [-0.2, -0.15) is 0 Å². The van der Waals surface area contributed by atoms with Crippen LogP contribution >= 0.6 is 0 Å². The third-order valence-electron chi connectivity index (χ3n) is 3.26. The highest BCUT2D eigenvalue weighted by Gasteiger charge is 2.33. The summed E-state index contributed by atoms with van der Waals surface area (Å²) in [4.78, 5) is 4.41. The van der Waals surface area contributed by atoms with E-state index < -0.39 is 0 Å². The predicted octanol–water partition coefficient (Wildman–Crippen LogP) is 1.84. The van der Waals surface area contributed by atoms with Gasteiger partial charge in [-0.1, -0.05) is 18.9 Å². The molecule has 0 radical (unpaired) electrons. The molecule has 0 unspecified atom stereocenters. The summed E-state index contributed by atoms with van der Waals surface area (Å²) in [5, 5.41) is 15.9. The largest absolute Gasteiger partial charge is 0.394 e. The topological polar surface area (TPSA) is 57.2 Å². The van der Waals surface area contributed by atoms with E-state index in [2.05, 4.69) is 15.6 Å². The lowest BCUT2D eigenvalue weighted by molar-refractivity contribution is 0.214. The molecule has 1 aromatic rings. The maximum Gasteiger partial charge on any atom is 0.128 e. The minimum atomic E-state index is -0.153. The van der Waals surface area contributed by atoms with Gasteiger partial charge in [-0.15, -0.1) is 0 Å². The maximum atomic E-state index is 9.50. The normalized spacial score (nSPS) is 18.4. The van der Waals surface area contributed by atoms with Crippen molar-refractivity contribution in [3.05, 3.63) is 18.2 Å². The monoisotopic (exact) mass is 221 g/mol. The van der Waals surface area contributed by atoms with E-state index in [1.165, 1.54) is 12.8 Å². The summed E-state index contributed by atoms with van der Waals surface area (Å²) in [5.74, 6) is 1.68. The van der Waals surface area contributed by atoms with Crippen molar-refractivity contribution in [2.45, 2.75) is 31.2 Å². The van der Waals surface area contributed by atoms with Crippen LogP contribution in [0.25, 0.3) is 0 Å². The molecule has 0 saturated heterocycles. The first-order chi connectivity index (χ1) is 7.78. The number of hydrogen-bond acceptors (Lipinski definition) is 4. The molecule has 2 rings (SSSR count). The Hall–Kier alpha value is -1.29. The SMILES string of the molecule is CNc1cccc(NC2(CO)CCCC2)n1. The number of aromatic nitrogens is 1. The number of pyridine rings is 1. The molecule has 0 aromatic carbocycles. The highest BCUT2D eigenvalue weighted by atomic mass is 16.3. The second-order valence-electron chi connectivity index (χ2n) is 4.43. The lowest BCUT2D eigenvalue weighted by atomic mass is 9.99. The van der Waals surface area contributed by atoms with E-state index >= 15 is 0 Å². The molecular formula is C12H19N3O. The smallest absolute Gasteiger partial charge is 0.128 e. The number of aliphatic hydroxyl groups is 1. The van der Waals surface area contributed by atoms with Crippen molar-refractivity contribution in [1.82, 2.24) is 4.98 Å². The Morgan fingerprint density at radius 3 is 2.62 bits per heavy atom. The average molecular weight is 221 g/mol. The van der Waals surface area contributed by atoms with Gasteiger partial charge >= 0.3 is 0 Å². The Balaban J connectivity index is 2.12. The summed E-state index contributed by atoms with van der Waals surface area (Å²) in [6.45, 7) is 0.179. The van der Waals surface area contributed by atoms with E-state index in [-0.39, 0.29) is 12.1 Å². The fraction of sp³-hybridized carbons (Fsp3) is 0.583. The van der Waals surface area contributed by atoms with Crippen LogP contribution in [0, 0.1) is 0 Å². The summed E-state index contributed by atoms with van der Waals surface area (Å²) in [6.07, 6.45) is 4.41. The molecule has 0 spiro atoms. The van der Waals surface area contributed by atoms with Gasteiger partial charge in [0.2, 0.25) is 0 Å². The summed E-state index contributed by atoms with van der Waals surface area (Å²) < 4.78 is 0. The number of nitrogens with one attached hydrogen (secondary N) is 2. The summed E-state index contributed by atoms with van der Waals surface area (Å²) in [5.41, 5.74) is -0.153. The minimum absolute atomic E-state index is 0.153. The molecule has 1 saturated carbocycles. The van der Waals surface area contributed by atoms with E-state index in [1.807, 2.05) is 25.2 Å². The molecule has 16 heavy (non-hydrogen) atoms. The Morgan fingerprint density at radius 1 is 1.31 bits per heavy atom. The number of aliphatic hydroxyl groups excluding tert-OH is 1. The molecule has 1 aliphatic rings. The van der Waals surface area contributed by atoms with Crippen molar-refractivity contribution in [2.24, 2.45) is 0 Å². The molecule has 1 heterocycles. The third kappa shape index (κ3) is 2.27. The van der Waals surface area contributed by atoms with Crippen LogP contribution in [-0.2, 0) is 0 Å². The van der Waals surface area contributed by atoms with Gasteiger partial charge < -0.3 is 15.7 Å². The molecule has 1 aromatic heterocycles.